The SMILES string of the molecule is [CH2-]N1CC(C)C1. The molecule has 6 heavy (non-hydrogen) atoms. The summed E-state index contributed by atoms with van der Waals surface area (Å²) in [5, 5.41) is 0. The molecule has 0 aromatic heterocycles. The predicted molar refractivity (Wildman–Crippen MR) is 26.1 cm³/mol. The lowest BCUT2D eigenvalue weighted by Crippen LogP contribution is -2.40. The molecule has 0 amide bonds. The van der Waals surface area contributed by atoms with E-state index in [0.29, 0.717) is 0 Å². The zero-order valence-corrected chi connectivity index (χ0v) is 4.15. The van der Waals surface area contributed by atoms with E-state index in [4.69, 9.17) is 0 Å². The van der Waals surface area contributed by atoms with Gasteiger partial charge in [-0.25, -0.2) is 0 Å². The van der Waals surface area contributed by atoms with E-state index in [2.05, 4.69) is 18.9 Å². The molecule has 1 rings (SSSR count). The summed E-state index contributed by atoms with van der Waals surface area (Å²) in [5.41, 5.74) is 0. The van der Waals surface area contributed by atoms with Gasteiger partial charge < -0.3 is 4.90 Å². The highest BCUT2D eigenvalue weighted by atomic mass is 15.2. The Morgan fingerprint density at radius 2 is 2.17 bits per heavy atom. The van der Waals surface area contributed by atoms with Crippen molar-refractivity contribution in [1.82, 2.24) is 4.90 Å². The molecule has 1 aliphatic heterocycles. The Kier molecular flexibility index (Phi) is 0.845. The summed E-state index contributed by atoms with van der Waals surface area (Å²) in [5.74, 6) is 0.905. The summed E-state index contributed by atoms with van der Waals surface area (Å²) in [6, 6.07) is 0. The molecule has 0 unspecified atom stereocenters. The van der Waals surface area contributed by atoms with Crippen LogP contribution in [0, 0.1) is 13.0 Å². The van der Waals surface area contributed by atoms with Crippen molar-refractivity contribution >= 4 is 0 Å². The van der Waals surface area contributed by atoms with Gasteiger partial charge in [0.15, 0.2) is 0 Å². The number of rotatable bonds is 0. The Morgan fingerprint density at radius 3 is 2.17 bits per heavy atom. The molecule has 0 radical (unpaired) electrons. The highest BCUT2D eigenvalue weighted by Gasteiger charge is 2.11. The molecule has 1 aliphatic rings. The topological polar surface area (TPSA) is 3.24 Å². The van der Waals surface area contributed by atoms with Crippen LogP contribution in [-0.2, 0) is 0 Å². The van der Waals surface area contributed by atoms with Gasteiger partial charge in [0, 0.05) is 0 Å². The van der Waals surface area contributed by atoms with Crippen molar-refractivity contribution in [2.45, 2.75) is 6.92 Å². The third-order valence-electron chi connectivity index (χ3n) is 1.14. The molecule has 0 N–H and O–H groups in total. The molecule has 0 aliphatic carbocycles. The first-order valence-corrected chi connectivity index (χ1v) is 2.34. The fourth-order valence-electron chi connectivity index (χ4n) is 0.828. The minimum atomic E-state index is 0.905. The molecule has 1 nitrogen and oxygen atoms in total. The maximum absolute atomic E-state index is 3.73. The number of likely N-dealkylation sites (tertiary alicyclic amines) is 1. The normalized spacial score (nSPS) is 27.0. The second-order valence-electron chi connectivity index (χ2n) is 2.14. The third-order valence-corrected chi connectivity index (χ3v) is 1.14. The number of nitrogens with zero attached hydrogens (tertiary/aromatic N) is 1. The first kappa shape index (κ1) is 4.13. The summed E-state index contributed by atoms with van der Waals surface area (Å²) >= 11 is 0. The highest BCUT2D eigenvalue weighted by Crippen LogP contribution is 2.10. The van der Waals surface area contributed by atoms with Gasteiger partial charge in [-0.1, -0.05) is 6.92 Å². The number of hydrogen-bond donors (Lipinski definition) is 0. The van der Waals surface area contributed by atoms with Gasteiger partial charge in [-0.05, 0) is 19.0 Å². The molecule has 1 heteroatoms. The first-order chi connectivity index (χ1) is 2.79. The lowest BCUT2D eigenvalue weighted by Gasteiger charge is -2.40. The molecule has 0 bridgehead atoms. The summed E-state index contributed by atoms with van der Waals surface area (Å²) in [6.07, 6.45) is 0. The third kappa shape index (κ3) is 0.548. The highest BCUT2D eigenvalue weighted by molar-refractivity contribution is 4.74. The van der Waals surface area contributed by atoms with E-state index in [1.165, 1.54) is 13.1 Å². The molecule has 0 aromatic carbocycles. The van der Waals surface area contributed by atoms with Gasteiger partial charge in [-0.15, -0.1) is 0 Å². The van der Waals surface area contributed by atoms with Crippen molar-refractivity contribution in [2.75, 3.05) is 13.1 Å². The van der Waals surface area contributed by atoms with E-state index in [0.717, 1.165) is 5.92 Å². The van der Waals surface area contributed by atoms with Gasteiger partial charge in [0.2, 0.25) is 0 Å². The second kappa shape index (κ2) is 1.23. The van der Waals surface area contributed by atoms with Crippen LogP contribution in [-0.4, -0.2) is 18.0 Å². The predicted octanol–water partition coefficient (Wildman–Crippen LogP) is 0.730. The molecule has 0 spiro atoms. The van der Waals surface area contributed by atoms with Gasteiger partial charge in [0.05, 0.1) is 0 Å². The Hall–Kier alpha value is -0.0400. The summed E-state index contributed by atoms with van der Waals surface area (Å²) < 4.78 is 0. The van der Waals surface area contributed by atoms with E-state index in [-0.39, 0.29) is 0 Å². The minimum absolute atomic E-state index is 0.905. The number of hydrogen-bond acceptors (Lipinski definition) is 1. The van der Waals surface area contributed by atoms with Crippen LogP contribution in [0.1, 0.15) is 6.92 Å². The lowest BCUT2D eigenvalue weighted by molar-refractivity contribution is 0.173. The van der Waals surface area contributed by atoms with Crippen molar-refractivity contribution in [3.8, 4) is 0 Å². The zero-order chi connectivity index (χ0) is 4.57. The van der Waals surface area contributed by atoms with Crippen molar-refractivity contribution in [3.63, 3.8) is 0 Å². The van der Waals surface area contributed by atoms with E-state index in [1.54, 1.807) is 0 Å². The minimum Gasteiger partial charge on any atom is -0.459 e. The average Bonchev–Trinajstić information content (AvgIpc) is 1.33. The maximum atomic E-state index is 3.73. The standard InChI is InChI=1S/C5H10N/c1-5-3-6(2)4-5/h5H,2-4H2,1H3/q-1. The Balaban J connectivity index is 2.11. The van der Waals surface area contributed by atoms with Crippen molar-refractivity contribution in [1.29, 1.82) is 0 Å². The van der Waals surface area contributed by atoms with Gasteiger partial charge in [-0.2, -0.15) is 0 Å². The van der Waals surface area contributed by atoms with Crippen LogP contribution in [0.5, 0.6) is 0 Å². The molecule has 1 heterocycles. The molecular weight excluding hydrogens is 74.1 g/mol. The van der Waals surface area contributed by atoms with E-state index < -0.39 is 0 Å². The smallest absolute Gasteiger partial charge is 0.0235 e. The second-order valence-corrected chi connectivity index (χ2v) is 2.14. The summed E-state index contributed by atoms with van der Waals surface area (Å²) in [6.45, 7) is 4.63. The van der Waals surface area contributed by atoms with Crippen LogP contribution in [0.3, 0.4) is 0 Å². The fraction of sp³-hybridized carbons (Fsp3) is 0.800. The summed E-state index contributed by atoms with van der Waals surface area (Å²) in [7, 11) is 3.73. The maximum Gasteiger partial charge on any atom is -0.0235 e. The quantitative estimate of drug-likeness (QED) is 0.391. The molecule has 0 aromatic rings. The van der Waals surface area contributed by atoms with Crippen LogP contribution in [0.2, 0.25) is 0 Å². The van der Waals surface area contributed by atoms with Crippen LogP contribution in [0.15, 0.2) is 0 Å². The van der Waals surface area contributed by atoms with Crippen LogP contribution in [0.25, 0.3) is 0 Å². The lowest BCUT2D eigenvalue weighted by atomic mass is 10.1. The van der Waals surface area contributed by atoms with E-state index in [9.17, 15) is 0 Å². The van der Waals surface area contributed by atoms with Gasteiger partial charge in [0.1, 0.15) is 0 Å². The van der Waals surface area contributed by atoms with Crippen LogP contribution < -0.4 is 0 Å². The van der Waals surface area contributed by atoms with E-state index in [1.807, 2.05) is 0 Å². The molecule has 36 valence electrons. The molecule has 0 atom stereocenters. The zero-order valence-electron chi connectivity index (χ0n) is 4.15. The van der Waals surface area contributed by atoms with Gasteiger partial charge >= 0.3 is 0 Å². The molecular formula is C5H10N-. The summed E-state index contributed by atoms with van der Waals surface area (Å²) in [4.78, 5) is 2.07. The molecule has 1 fully saturated rings. The monoisotopic (exact) mass is 84.1 g/mol. The van der Waals surface area contributed by atoms with Gasteiger partial charge in [0.25, 0.3) is 0 Å². The van der Waals surface area contributed by atoms with Crippen LogP contribution in [0.4, 0.5) is 0 Å². The Bertz CT molecular complexity index is 39.9. The van der Waals surface area contributed by atoms with Crippen molar-refractivity contribution < 1.29 is 0 Å². The van der Waals surface area contributed by atoms with Crippen molar-refractivity contribution in [3.05, 3.63) is 7.05 Å². The van der Waals surface area contributed by atoms with Crippen LogP contribution >= 0.6 is 0 Å². The fourth-order valence-corrected chi connectivity index (χ4v) is 0.828. The largest absolute Gasteiger partial charge is 0.459 e. The Morgan fingerprint density at radius 1 is 1.67 bits per heavy atom. The van der Waals surface area contributed by atoms with Gasteiger partial charge in [-0.3, -0.25) is 7.05 Å². The average molecular weight is 84.1 g/mol. The van der Waals surface area contributed by atoms with Crippen molar-refractivity contribution in [2.24, 2.45) is 5.92 Å². The van der Waals surface area contributed by atoms with E-state index >= 15 is 0 Å². The molecule has 0 saturated carbocycles. The first-order valence-electron chi connectivity index (χ1n) is 2.34. The Labute approximate surface area is 39.0 Å². The molecule has 1 saturated heterocycles.